The summed E-state index contributed by atoms with van der Waals surface area (Å²) in [6.07, 6.45) is -0.295. The van der Waals surface area contributed by atoms with Crippen LogP contribution in [0, 0.1) is 10.1 Å². The van der Waals surface area contributed by atoms with E-state index in [0.717, 1.165) is 11.0 Å². The van der Waals surface area contributed by atoms with Crippen molar-refractivity contribution in [2.24, 2.45) is 0 Å². The lowest BCUT2D eigenvalue weighted by molar-refractivity contribution is -0.385. The SMILES string of the molecule is COC(=O)c1cc(Cl)c(NC(=O)CCN2C(=O)c3cccc([N+](=O)[O-])c3C2=O)cc1OC. The molecule has 2 aromatic carbocycles. The number of benzene rings is 2. The summed E-state index contributed by atoms with van der Waals surface area (Å²) in [5, 5.41) is 13.7. The number of halogens is 1. The monoisotopic (exact) mass is 461 g/mol. The number of nitro groups is 1. The van der Waals surface area contributed by atoms with Crippen LogP contribution in [0.5, 0.6) is 5.75 Å². The molecular weight excluding hydrogens is 446 g/mol. The van der Waals surface area contributed by atoms with Gasteiger partial charge >= 0.3 is 5.97 Å². The normalized spacial score (nSPS) is 12.4. The van der Waals surface area contributed by atoms with Gasteiger partial charge in [0, 0.05) is 25.1 Å². The van der Waals surface area contributed by atoms with Crippen molar-refractivity contribution < 1.29 is 33.6 Å². The second-order valence-corrected chi connectivity index (χ2v) is 6.95. The average molecular weight is 462 g/mol. The fourth-order valence-electron chi connectivity index (χ4n) is 3.18. The average Bonchev–Trinajstić information content (AvgIpc) is 3.02. The number of esters is 1. The Hall–Kier alpha value is -3.99. The molecule has 0 atom stereocenters. The molecule has 1 N–H and O–H groups in total. The molecule has 0 aliphatic carbocycles. The van der Waals surface area contributed by atoms with Gasteiger partial charge < -0.3 is 14.8 Å². The van der Waals surface area contributed by atoms with Crippen LogP contribution in [-0.2, 0) is 9.53 Å². The molecule has 32 heavy (non-hydrogen) atoms. The van der Waals surface area contributed by atoms with Gasteiger partial charge in [-0.05, 0) is 12.1 Å². The zero-order chi connectivity index (χ0) is 23.6. The highest BCUT2D eigenvalue weighted by Gasteiger charge is 2.40. The van der Waals surface area contributed by atoms with Crippen molar-refractivity contribution in [3.05, 3.63) is 62.2 Å². The smallest absolute Gasteiger partial charge is 0.341 e. The van der Waals surface area contributed by atoms with Crippen molar-refractivity contribution in [3.8, 4) is 5.75 Å². The van der Waals surface area contributed by atoms with Crippen molar-refractivity contribution in [1.29, 1.82) is 0 Å². The minimum absolute atomic E-state index is 0.0379. The number of nitrogens with zero attached hydrogens (tertiary/aromatic N) is 2. The van der Waals surface area contributed by atoms with Crippen molar-refractivity contribution in [1.82, 2.24) is 4.90 Å². The van der Waals surface area contributed by atoms with Crippen LogP contribution >= 0.6 is 11.6 Å². The maximum Gasteiger partial charge on any atom is 0.341 e. The van der Waals surface area contributed by atoms with E-state index >= 15 is 0 Å². The molecule has 0 spiro atoms. The Morgan fingerprint density at radius 2 is 1.91 bits per heavy atom. The lowest BCUT2D eigenvalue weighted by Gasteiger charge is -2.15. The molecule has 1 heterocycles. The quantitative estimate of drug-likeness (QED) is 0.286. The predicted octanol–water partition coefficient (Wildman–Crippen LogP) is 2.67. The molecule has 3 rings (SSSR count). The Bertz CT molecular complexity index is 1160. The van der Waals surface area contributed by atoms with Gasteiger partial charge in [-0.2, -0.15) is 0 Å². The Morgan fingerprint density at radius 1 is 1.19 bits per heavy atom. The summed E-state index contributed by atoms with van der Waals surface area (Å²) in [4.78, 5) is 60.4. The maximum atomic E-state index is 12.6. The van der Waals surface area contributed by atoms with Crippen LogP contribution in [0.2, 0.25) is 5.02 Å². The summed E-state index contributed by atoms with van der Waals surface area (Å²) in [5.74, 6) is -2.72. The highest BCUT2D eigenvalue weighted by molar-refractivity contribution is 6.34. The number of carbonyl (C=O) groups is 4. The summed E-state index contributed by atoms with van der Waals surface area (Å²) in [6.45, 7) is -0.301. The fraction of sp³-hybridized carbons (Fsp3) is 0.200. The Kier molecular flexibility index (Phi) is 6.40. The first-order valence-electron chi connectivity index (χ1n) is 9.08. The molecular formula is C20H16ClN3O8. The van der Waals surface area contributed by atoms with Gasteiger partial charge in [0.05, 0.1) is 35.4 Å². The lowest BCUT2D eigenvalue weighted by atomic mass is 10.1. The summed E-state index contributed by atoms with van der Waals surface area (Å²) in [7, 11) is 2.52. The Balaban J connectivity index is 1.73. The van der Waals surface area contributed by atoms with Crippen LogP contribution < -0.4 is 10.1 Å². The van der Waals surface area contributed by atoms with Gasteiger partial charge in [-0.1, -0.05) is 17.7 Å². The Morgan fingerprint density at radius 3 is 2.53 bits per heavy atom. The van der Waals surface area contributed by atoms with E-state index in [1.165, 1.54) is 38.5 Å². The number of amides is 3. The topological polar surface area (TPSA) is 145 Å². The van der Waals surface area contributed by atoms with Gasteiger partial charge in [0.1, 0.15) is 16.9 Å². The summed E-state index contributed by atoms with van der Waals surface area (Å²) < 4.78 is 9.76. The molecule has 0 saturated heterocycles. The third kappa shape index (κ3) is 4.10. The van der Waals surface area contributed by atoms with E-state index in [0.29, 0.717) is 0 Å². The van der Waals surface area contributed by atoms with Crippen LogP contribution in [0.3, 0.4) is 0 Å². The number of hydrogen-bond donors (Lipinski definition) is 1. The number of methoxy groups -OCH3 is 2. The number of imide groups is 1. The van der Waals surface area contributed by atoms with Gasteiger partial charge in [0.15, 0.2) is 0 Å². The second-order valence-electron chi connectivity index (χ2n) is 6.54. The summed E-state index contributed by atoms with van der Waals surface area (Å²) in [5.41, 5.74) is -0.660. The first-order chi connectivity index (χ1) is 15.2. The molecule has 1 aliphatic heterocycles. The van der Waals surface area contributed by atoms with Crippen molar-refractivity contribution in [2.45, 2.75) is 6.42 Å². The van der Waals surface area contributed by atoms with Crippen LogP contribution in [0.15, 0.2) is 30.3 Å². The zero-order valence-corrected chi connectivity index (χ0v) is 17.6. The first kappa shape index (κ1) is 22.7. The predicted molar refractivity (Wildman–Crippen MR) is 111 cm³/mol. The third-order valence-electron chi connectivity index (χ3n) is 4.70. The molecule has 3 amide bonds. The standard InChI is InChI=1S/C20H16ClN3O8/c1-31-15-9-13(12(21)8-11(15)20(28)32-2)22-16(25)6-7-23-18(26)10-4-3-5-14(24(29)30)17(10)19(23)27/h3-5,8-9H,6-7H2,1-2H3,(H,22,25). The summed E-state index contributed by atoms with van der Waals surface area (Å²) >= 11 is 6.12. The largest absolute Gasteiger partial charge is 0.496 e. The number of nitrogens with one attached hydrogen (secondary N) is 1. The molecule has 0 fully saturated rings. The minimum atomic E-state index is -0.841. The Labute approximate surface area is 186 Å². The van der Waals surface area contributed by atoms with E-state index in [1.54, 1.807) is 0 Å². The maximum absolute atomic E-state index is 12.6. The van der Waals surface area contributed by atoms with Crippen LogP contribution in [-0.4, -0.2) is 54.3 Å². The summed E-state index contributed by atoms with van der Waals surface area (Å²) in [6, 6.07) is 6.36. The minimum Gasteiger partial charge on any atom is -0.496 e. The van der Waals surface area contributed by atoms with E-state index in [9.17, 15) is 29.3 Å². The number of ether oxygens (including phenoxy) is 2. The van der Waals surface area contributed by atoms with Gasteiger partial charge in [-0.3, -0.25) is 29.4 Å². The van der Waals surface area contributed by atoms with Gasteiger partial charge in [-0.25, -0.2) is 4.79 Å². The van der Waals surface area contributed by atoms with Gasteiger partial charge in [-0.15, -0.1) is 0 Å². The van der Waals surface area contributed by atoms with E-state index in [2.05, 4.69) is 10.1 Å². The van der Waals surface area contributed by atoms with E-state index < -0.39 is 34.3 Å². The van der Waals surface area contributed by atoms with Gasteiger partial charge in [0.2, 0.25) is 5.91 Å². The number of anilines is 1. The molecule has 1 aliphatic rings. The molecule has 12 heteroatoms. The number of fused-ring (bicyclic) bond motifs is 1. The number of hydrogen-bond acceptors (Lipinski definition) is 8. The molecule has 0 aromatic heterocycles. The van der Waals surface area contributed by atoms with Crippen molar-refractivity contribution in [2.75, 3.05) is 26.1 Å². The van der Waals surface area contributed by atoms with Crippen molar-refractivity contribution >= 4 is 46.7 Å². The molecule has 0 unspecified atom stereocenters. The first-order valence-corrected chi connectivity index (χ1v) is 9.46. The molecule has 166 valence electrons. The fourth-order valence-corrected chi connectivity index (χ4v) is 3.40. The second kappa shape index (κ2) is 9.02. The molecule has 0 bridgehead atoms. The third-order valence-corrected chi connectivity index (χ3v) is 5.02. The molecule has 0 saturated carbocycles. The zero-order valence-electron chi connectivity index (χ0n) is 16.8. The lowest BCUT2D eigenvalue weighted by Crippen LogP contribution is -2.33. The number of nitro benzene ring substituents is 1. The van der Waals surface area contributed by atoms with Gasteiger partial charge in [0.25, 0.3) is 17.5 Å². The van der Waals surface area contributed by atoms with E-state index in [1.807, 2.05) is 0 Å². The van der Waals surface area contributed by atoms with Crippen molar-refractivity contribution in [3.63, 3.8) is 0 Å². The highest BCUT2D eigenvalue weighted by Crippen LogP contribution is 2.32. The molecule has 2 aromatic rings. The van der Waals surface area contributed by atoms with Crippen LogP contribution in [0.4, 0.5) is 11.4 Å². The van der Waals surface area contributed by atoms with E-state index in [-0.39, 0.29) is 46.1 Å². The van der Waals surface area contributed by atoms with E-state index in [4.69, 9.17) is 16.3 Å². The number of carbonyl (C=O) groups excluding carboxylic acids is 4. The molecule has 0 radical (unpaired) electrons. The molecule has 11 nitrogen and oxygen atoms in total. The van der Waals surface area contributed by atoms with Crippen LogP contribution in [0.1, 0.15) is 37.5 Å². The van der Waals surface area contributed by atoms with Crippen LogP contribution in [0.25, 0.3) is 0 Å². The highest BCUT2D eigenvalue weighted by atomic mass is 35.5. The number of rotatable bonds is 7.